The number of phenols is 1. The average molecular weight is 611 g/mol. The molecule has 0 spiro atoms. The Labute approximate surface area is 252 Å². The van der Waals surface area contributed by atoms with Gasteiger partial charge in [-0.15, -0.1) is 37.2 Å². The lowest BCUT2D eigenvalue weighted by Gasteiger charge is -2.27. The van der Waals surface area contributed by atoms with Crippen LogP contribution in [-0.2, 0) is 0 Å². The number of carbonyl (C=O) groups excluding carboxylic acids is 3. The van der Waals surface area contributed by atoms with Crippen LogP contribution in [0.1, 0.15) is 49.5 Å². The van der Waals surface area contributed by atoms with Crippen molar-refractivity contribution in [2.24, 2.45) is 0 Å². The Morgan fingerprint density at radius 3 is 2.05 bits per heavy atom. The van der Waals surface area contributed by atoms with Gasteiger partial charge in [-0.3, -0.25) is 19.4 Å². The van der Waals surface area contributed by atoms with Gasteiger partial charge in [0.15, 0.2) is 5.78 Å². The Balaban J connectivity index is 0.00000267. The lowest BCUT2D eigenvalue weighted by molar-refractivity contribution is 0.0882. The van der Waals surface area contributed by atoms with E-state index < -0.39 is 0 Å². The molecule has 216 valence electrons. The Morgan fingerprint density at radius 1 is 0.850 bits per heavy atom. The maximum atomic E-state index is 13.1. The van der Waals surface area contributed by atoms with E-state index in [4.69, 9.17) is 0 Å². The summed E-state index contributed by atoms with van der Waals surface area (Å²) >= 11 is 0. The van der Waals surface area contributed by atoms with Crippen molar-refractivity contribution in [1.82, 2.24) is 20.9 Å². The van der Waals surface area contributed by atoms with E-state index in [1.807, 2.05) is 19.0 Å². The van der Waals surface area contributed by atoms with Crippen LogP contribution in [0.3, 0.4) is 0 Å². The highest BCUT2D eigenvalue weighted by atomic mass is 35.5. The van der Waals surface area contributed by atoms with Gasteiger partial charge >= 0.3 is 0 Å². The summed E-state index contributed by atoms with van der Waals surface area (Å²) in [6.07, 6.45) is 4.69. The number of carbonyl (C=O) groups is 3. The van der Waals surface area contributed by atoms with Crippen LogP contribution in [0.2, 0.25) is 0 Å². The third-order valence-corrected chi connectivity index (χ3v) is 6.44. The number of hydrogen-bond donors (Lipinski definition) is 4. The molecule has 1 fully saturated rings. The number of rotatable bonds is 7. The number of nitrogens with one attached hydrogen (secondary N) is 3. The molecule has 4 N–H and O–H groups in total. The first kappa shape index (κ1) is 34.7. The summed E-state index contributed by atoms with van der Waals surface area (Å²) in [5.41, 5.74) is 2.26. The fraction of sp³-hybridized carbons (Fsp3) is 0.286. The highest BCUT2D eigenvalue weighted by molar-refractivity contribution is 6.11. The van der Waals surface area contributed by atoms with Crippen LogP contribution in [-0.4, -0.2) is 67.0 Å². The molecule has 40 heavy (non-hydrogen) atoms. The van der Waals surface area contributed by atoms with Crippen molar-refractivity contribution >= 4 is 60.5 Å². The van der Waals surface area contributed by atoms with Crippen LogP contribution in [0.15, 0.2) is 67.0 Å². The molecule has 2 heterocycles. The van der Waals surface area contributed by atoms with Gasteiger partial charge < -0.3 is 26.0 Å². The lowest BCUT2D eigenvalue weighted by atomic mass is 9.99. The minimum absolute atomic E-state index is 0. The standard InChI is InChI=1S/C28H31N5O4.3ClH/c1-33(2)21-9-10-25(34)22(16-21)26(35)18-5-7-19(8-6-18)27(36)31-23-4-3-13-30-17-24(23)32-28(37)20-11-14-29-15-12-20;;;/h5-12,14-16,23-24,30,34H,3-4,13,17H2,1-2H3,(H,31,36)(H,32,37);3*1H/t23-,24-;;;/m1.../s1. The normalized spacial score (nSPS) is 16.1. The Morgan fingerprint density at radius 2 is 1.43 bits per heavy atom. The summed E-state index contributed by atoms with van der Waals surface area (Å²) in [7, 11) is 3.71. The molecule has 9 nitrogen and oxygen atoms in total. The second-order valence-corrected chi connectivity index (χ2v) is 9.24. The first-order valence-electron chi connectivity index (χ1n) is 12.2. The zero-order chi connectivity index (χ0) is 26.4. The molecular weight excluding hydrogens is 577 g/mol. The van der Waals surface area contributed by atoms with Crippen molar-refractivity contribution in [3.63, 3.8) is 0 Å². The number of ketones is 1. The molecular formula is C28H34Cl3N5O4. The van der Waals surface area contributed by atoms with Gasteiger partial charge in [0.2, 0.25) is 0 Å². The molecule has 1 saturated heterocycles. The van der Waals surface area contributed by atoms with Crippen molar-refractivity contribution in [2.75, 3.05) is 32.1 Å². The zero-order valence-electron chi connectivity index (χ0n) is 22.1. The van der Waals surface area contributed by atoms with E-state index in [-0.39, 0.29) is 78.2 Å². The van der Waals surface area contributed by atoms with Gasteiger partial charge in [0.25, 0.3) is 11.8 Å². The first-order chi connectivity index (χ1) is 17.8. The van der Waals surface area contributed by atoms with E-state index in [0.29, 0.717) is 29.7 Å². The molecule has 1 aromatic heterocycles. The Bertz CT molecular complexity index is 1280. The van der Waals surface area contributed by atoms with Crippen LogP contribution in [0.25, 0.3) is 0 Å². The summed E-state index contributed by atoms with van der Waals surface area (Å²) in [4.78, 5) is 44.6. The van der Waals surface area contributed by atoms with Gasteiger partial charge in [-0.25, -0.2) is 0 Å². The van der Waals surface area contributed by atoms with Gasteiger partial charge in [-0.1, -0.05) is 12.1 Å². The molecule has 0 saturated carbocycles. The van der Waals surface area contributed by atoms with Gasteiger partial charge in [-0.05, 0) is 61.9 Å². The van der Waals surface area contributed by atoms with Crippen molar-refractivity contribution in [3.05, 3.63) is 89.2 Å². The Hall–Kier alpha value is -3.37. The second-order valence-electron chi connectivity index (χ2n) is 9.24. The summed E-state index contributed by atoms with van der Waals surface area (Å²) < 4.78 is 0. The number of benzene rings is 2. The monoisotopic (exact) mass is 609 g/mol. The fourth-order valence-electron chi connectivity index (χ4n) is 4.29. The van der Waals surface area contributed by atoms with Crippen molar-refractivity contribution in [2.45, 2.75) is 24.9 Å². The topological polar surface area (TPSA) is 124 Å². The molecule has 0 aliphatic carbocycles. The van der Waals surface area contributed by atoms with E-state index in [2.05, 4.69) is 20.9 Å². The number of nitrogens with zero attached hydrogens (tertiary/aromatic N) is 2. The summed E-state index contributed by atoms with van der Waals surface area (Å²) in [6.45, 7) is 1.33. The van der Waals surface area contributed by atoms with Crippen LogP contribution in [0.5, 0.6) is 5.75 Å². The van der Waals surface area contributed by atoms with E-state index in [9.17, 15) is 19.5 Å². The zero-order valence-corrected chi connectivity index (χ0v) is 24.6. The second kappa shape index (κ2) is 16.0. The fourth-order valence-corrected chi connectivity index (χ4v) is 4.29. The van der Waals surface area contributed by atoms with Crippen LogP contribution in [0.4, 0.5) is 5.69 Å². The molecule has 4 rings (SSSR count). The number of aromatic nitrogens is 1. The maximum absolute atomic E-state index is 13.1. The predicted octanol–water partition coefficient (Wildman–Crippen LogP) is 3.63. The van der Waals surface area contributed by atoms with Crippen LogP contribution in [0, 0.1) is 0 Å². The molecule has 1 aliphatic rings. The largest absolute Gasteiger partial charge is 0.507 e. The number of phenolic OH excluding ortho intramolecular Hbond substituents is 1. The maximum Gasteiger partial charge on any atom is 0.251 e. The van der Waals surface area contributed by atoms with Gasteiger partial charge in [0.1, 0.15) is 5.75 Å². The minimum atomic E-state index is -0.332. The van der Waals surface area contributed by atoms with Gasteiger partial charge in [0.05, 0.1) is 17.6 Å². The molecule has 0 radical (unpaired) electrons. The molecule has 0 unspecified atom stereocenters. The molecule has 12 heteroatoms. The first-order valence-corrected chi connectivity index (χ1v) is 12.2. The number of amides is 2. The molecule has 2 aromatic carbocycles. The quantitative estimate of drug-likeness (QED) is 0.301. The van der Waals surface area contributed by atoms with E-state index in [0.717, 1.165) is 18.7 Å². The summed E-state index contributed by atoms with van der Waals surface area (Å²) in [5.74, 6) is -0.938. The van der Waals surface area contributed by atoms with E-state index >= 15 is 0 Å². The van der Waals surface area contributed by atoms with Crippen LogP contribution >= 0.6 is 37.2 Å². The van der Waals surface area contributed by atoms with E-state index in [1.165, 1.54) is 6.07 Å². The third kappa shape index (κ3) is 8.56. The molecule has 2 atom stereocenters. The molecule has 3 aromatic rings. The predicted molar refractivity (Wildman–Crippen MR) is 163 cm³/mol. The highest BCUT2D eigenvalue weighted by Gasteiger charge is 2.27. The third-order valence-electron chi connectivity index (χ3n) is 6.44. The highest BCUT2D eigenvalue weighted by Crippen LogP contribution is 2.25. The summed E-state index contributed by atoms with van der Waals surface area (Å²) in [6, 6.07) is 13.9. The minimum Gasteiger partial charge on any atom is -0.507 e. The molecule has 0 bridgehead atoms. The SMILES string of the molecule is CN(C)c1ccc(O)c(C(=O)c2ccc(C(=O)N[C@@H]3CCCNC[C@H]3NC(=O)c3ccncc3)cc2)c1.Cl.Cl.Cl. The Kier molecular flexibility index (Phi) is 13.9. The van der Waals surface area contributed by atoms with Gasteiger partial charge in [-0.2, -0.15) is 0 Å². The average Bonchev–Trinajstić information content (AvgIpc) is 3.13. The van der Waals surface area contributed by atoms with Crippen molar-refractivity contribution in [1.29, 1.82) is 0 Å². The number of anilines is 1. The number of aromatic hydroxyl groups is 1. The number of pyridine rings is 1. The van der Waals surface area contributed by atoms with E-state index in [1.54, 1.807) is 60.9 Å². The van der Waals surface area contributed by atoms with Gasteiger partial charge in [0, 0.05) is 55.4 Å². The number of halogens is 3. The lowest BCUT2D eigenvalue weighted by Crippen LogP contribution is -2.54. The van der Waals surface area contributed by atoms with Crippen LogP contribution < -0.4 is 20.9 Å². The molecule has 1 aliphatic heterocycles. The smallest absolute Gasteiger partial charge is 0.251 e. The van der Waals surface area contributed by atoms with Crippen molar-refractivity contribution in [3.8, 4) is 5.75 Å². The molecule has 2 amide bonds. The number of hydrogen-bond acceptors (Lipinski definition) is 7. The van der Waals surface area contributed by atoms with Crippen molar-refractivity contribution < 1.29 is 19.5 Å². The summed E-state index contributed by atoms with van der Waals surface area (Å²) in [5, 5.41) is 19.6.